The molecule has 0 atom stereocenters. The van der Waals surface area contributed by atoms with Gasteiger partial charge >= 0.3 is 0 Å². The van der Waals surface area contributed by atoms with Crippen molar-refractivity contribution < 1.29 is 0 Å². The maximum absolute atomic E-state index is 6.04. The molecule has 0 saturated carbocycles. The highest BCUT2D eigenvalue weighted by atomic mass is 35.5. The van der Waals surface area contributed by atoms with Crippen LogP contribution >= 0.6 is 22.9 Å². The van der Waals surface area contributed by atoms with Gasteiger partial charge in [0.25, 0.3) is 0 Å². The van der Waals surface area contributed by atoms with Gasteiger partial charge in [-0.05, 0) is 36.7 Å². The van der Waals surface area contributed by atoms with Gasteiger partial charge < -0.3 is 10.2 Å². The molecule has 0 unspecified atom stereocenters. The molecule has 0 aliphatic rings. The van der Waals surface area contributed by atoms with E-state index in [4.69, 9.17) is 11.6 Å². The zero-order valence-electron chi connectivity index (χ0n) is 12.0. The number of nitrogens with one attached hydrogen (secondary N) is 1. The average Bonchev–Trinajstić information content (AvgIpc) is 2.79. The second-order valence-electron chi connectivity index (χ2n) is 4.95. The Kier molecular flexibility index (Phi) is 3.69. The number of anilines is 3. The zero-order valence-corrected chi connectivity index (χ0v) is 13.6. The van der Waals surface area contributed by atoms with Crippen molar-refractivity contribution in [2.24, 2.45) is 0 Å². The van der Waals surface area contributed by atoms with Crippen molar-refractivity contribution in [3.05, 3.63) is 40.5 Å². The van der Waals surface area contributed by atoms with E-state index in [0.29, 0.717) is 0 Å². The molecule has 0 spiro atoms. The number of thiophene rings is 1. The Morgan fingerprint density at radius 1 is 1.19 bits per heavy atom. The molecule has 3 aromatic rings. The van der Waals surface area contributed by atoms with E-state index in [2.05, 4.69) is 39.2 Å². The van der Waals surface area contributed by atoms with Crippen molar-refractivity contribution in [3.8, 4) is 0 Å². The summed E-state index contributed by atoms with van der Waals surface area (Å²) in [5.74, 6) is 0.739. The van der Waals surface area contributed by atoms with Crippen molar-refractivity contribution in [3.63, 3.8) is 0 Å². The number of para-hydroxylation sites is 2. The van der Waals surface area contributed by atoms with Crippen LogP contribution in [0.15, 0.2) is 30.3 Å². The predicted octanol–water partition coefficient (Wildman–Crippen LogP) is 4.46. The first-order valence-corrected chi connectivity index (χ1v) is 7.71. The molecule has 0 amide bonds. The summed E-state index contributed by atoms with van der Waals surface area (Å²) in [6.45, 7) is 2.05. The number of hydrogen-bond acceptors (Lipinski definition) is 5. The predicted molar refractivity (Wildman–Crippen MR) is 91.2 cm³/mol. The molecule has 0 bridgehead atoms. The smallest absolute Gasteiger partial charge is 0.225 e. The van der Waals surface area contributed by atoms with Gasteiger partial charge in [0.05, 0.1) is 16.8 Å². The Morgan fingerprint density at radius 2 is 1.95 bits per heavy atom. The maximum atomic E-state index is 6.04. The monoisotopic (exact) mass is 318 g/mol. The zero-order chi connectivity index (χ0) is 15.0. The molecule has 1 aromatic carbocycles. The van der Waals surface area contributed by atoms with E-state index in [1.54, 1.807) is 11.3 Å². The summed E-state index contributed by atoms with van der Waals surface area (Å²) in [6, 6.07) is 10.2. The van der Waals surface area contributed by atoms with Crippen molar-refractivity contribution in [1.29, 1.82) is 0 Å². The lowest BCUT2D eigenvalue weighted by molar-refractivity contribution is 1.13. The third kappa shape index (κ3) is 2.80. The third-order valence-electron chi connectivity index (χ3n) is 3.13. The molecule has 21 heavy (non-hydrogen) atoms. The van der Waals surface area contributed by atoms with E-state index >= 15 is 0 Å². The lowest BCUT2D eigenvalue weighted by atomic mass is 10.2. The summed E-state index contributed by atoms with van der Waals surface area (Å²) >= 11 is 7.65. The molecule has 4 nitrogen and oxygen atoms in total. The van der Waals surface area contributed by atoms with Gasteiger partial charge in [0.1, 0.15) is 10.6 Å². The molecule has 0 fully saturated rings. The Balaban J connectivity index is 2.10. The molecule has 0 aliphatic carbocycles. The second-order valence-corrected chi connectivity index (χ2v) is 6.53. The summed E-state index contributed by atoms with van der Waals surface area (Å²) in [4.78, 5) is 12.8. The molecular formula is C15H15ClN4S. The third-order valence-corrected chi connectivity index (χ3v) is 4.24. The minimum Gasteiger partial charge on any atom is -0.376 e. The van der Waals surface area contributed by atoms with Gasteiger partial charge in [-0.2, -0.15) is 4.98 Å². The largest absolute Gasteiger partial charge is 0.376 e. The molecular weight excluding hydrogens is 304 g/mol. The van der Waals surface area contributed by atoms with Crippen LogP contribution in [0, 0.1) is 6.92 Å². The number of aromatic nitrogens is 2. The first-order valence-electron chi connectivity index (χ1n) is 6.51. The van der Waals surface area contributed by atoms with Gasteiger partial charge in [-0.1, -0.05) is 12.1 Å². The normalized spacial score (nSPS) is 10.9. The van der Waals surface area contributed by atoms with Crippen LogP contribution in [0.4, 0.5) is 17.2 Å². The molecule has 0 aliphatic heterocycles. The van der Waals surface area contributed by atoms with E-state index in [1.165, 1.54) is 4.88 Å². The van der Waals surface area contributed by atoms with E-state index in [0.717, 1.165) is 27.4 Å². The molecule has 0 saturated heterocycles. The maximum Gasteiger partial charge on any atom is 0.225 e. The molecule has 1 N–H and O–H groups in total. The van der Waals surface area contributed by atoms with Crippen LogP contribution in [0.3, 0.4) is 0 Å². The van der Waals surface area contributed by atoms with Crippen LogP contribution in [-0.2, 0) is 0 Å². The molecule has 3 rings (SSSR count). The van der Waals surface area contributed by atoms with Gasteiger partial charge in [0.2, 0.25) is 5.28 Å². The van der Waals surface area contributed by atoms with Crippen molar-refractivity contribution in [1.82, 2.24) is 9.97 Å². The number of halogens is 1. The minimum atomic E-state index is 0.259. The number of hydrogen-bond donors (Lipinski definition) is 1. The van der Waals surface area contributed by atoms with Crippen LogP contribution in [0.2, 0.25) is 5.28 Å². The van der Waals surface area contributed by atoms with E-state index in [9.17, 15) is 0 Å². The number of rotatable bonds is 3. The number of nitrogens with zero attached hydrogens (tertiary/aromatic N) is 3. The minimum absolute atomic E-state index is 0.259. The summed E-state index contributed by atoms with van der Waals surface area (Å²) in [5, 5.41) is 4.63. The van der Waals surface area contributed by atoms with Crippen molar-refractivity contribution in [2.45, 2.75) is 6.92 Å². The standard InChI is InChI=1S/C15H15ClN4S/c1-9-8-10-13(18-15(16)19-14(10)21-9)17-11-6-4-5-7-12(11)20(2)3/h4-8H,1-3H3,(H,17,18,19). The Labute approximate surface area is 132 Å². The lowest BCUT2D eigenvalue weighted by Gasteiger charge is -2.18. The number of aryl methyl sites for hydroxylation is 1. The summed E-state index contributed by atoms with van der Waals surface area (Å²) in [6.07, 6.45) is 0. The summed E-state index contributed by atoms with van der Waals surface area (Å²) < 4.78 is 0. The highest BCUT2D eigenvalue weighted by molar-refractivity contribution is 7.18. The second kappa shape index (κ2) is 5.50. The van der Waals surface area contributed by atoms with E-state index in [1.807, 2.05) is 32.3 Å². The number of fused-ring (bicyclic) bond motifs is 1. The van der Waals surface area contributed by atoms with Gasteiger partial charge in [-0.3, -0.25) is 0 Å². The first-order chi connectivity index (χ1) is 10.0. The Bertz CT molecular complexity index is 797. The average molecular weight is 319 g/mol. The highest BCUT2D eigenvalue weighted by Crippen LogP contribution is 2.33. The first kappa shape index (κ1) is 14.1. The summed E-state index contributed by atoms with van der Waals surface area (Å²) in [7, 11) is 4.02. The molecule has 108 valence electrons. The fraction of sp³-hybridized carbons (Fsp3) is 0.200. The van der Waals surface area contributed by atoms with Crippen LogP contribution in [0.1, 0.15) is 4.88 Å². The van der Waals surface area contributed by atoms with Crippen molar-refractivity contribution in [2.75, 3.05) is 24.3 Å². The van der Waals surface area contributed by atoms with Gasteiger partial charge in [-0.15, -0.1) is 11.3 Å². The molecule has 2 heterocycles. The number of benzene rings is 1. The SMILES string of the molecule is Cc1cc2c(Nc3ccccc3N(C)C)nc(Cl)nc2s1. The fourth-order valence-electron chi connectivity index (χ4n) is 2.21. The van der Waals surface area contributed by atoms with Crippen LogP contribution in [-0.4, -0.2) is 24.1 Å². The topological polar surface area (TPSA) is 41.0 Å². The Morgan fingerprint density at radius 3 is 2.71 bits per heavy atom. The highest BCUT2D eigenvalue weighted by Gasteiger charge is 2.12. The fourth-order valence-corrected chi connectivity index (χ4v) is 3.31. The molecule has 0 radical (unpaired) electrons. The van der Waals surface area contributed by atoms with E-state index < -0.39 is 0 Å². The van der Waals surface area contributed by atoms with Crippen molar-refractivity contribution >= 4 is 50.3 Å². The van der Waals surface area contributed by atoms with Gasteiger partial charge in [0, 0.05) is 19.0 Å². The lowest BCUT2D eigenvalue weighted by Crippen LogP contribution is -2.11. The Hall–Kier alpha value is -1.85. The van der Waals surface area contributed by atoms with E-state index in [-0.39, 0.29) is 5.28 Å². The van der Waals surface area contributed by atoms with Gasteiger partial charge in [-0.25, -0.2) is 4.98 Å². The van der Waals surface area contributed by atoms with Crippen LogP contribution in [0.25, 0.3) is 10.2 Å². The van der Waals surface area contributed by atoms with Gasteiger partial charge in [0.15, 0.2) is 0 Å². The molecule has 2 aromatic heterocycles. The molecule has 6 heteroatoms. The van der Waals surface area contributed by atoms with Crippen LogP contribution in [0.5, 0.6) is 0 Å². The summed E-state index contributed by atoms with van der Waals surface area (Å²) in [5.41, 5.74) is 2.08. The van der Waals surface area contributed by atoms with Crippen LogP contribution < -0.4 is 10.2 Å². The quantitative estimate of drug-likeness (QED) is 0.724.